The van der Waals surface area contributed by atoms with Crippen molar-refractivity contribution in [2.75, 3.05) is 32.7 Å². The van der Waals surface area contributed by atoms with E-state index < -0.39 is 0 Å². The molecule has 0 unspecified atom stereocenters. The highest BCUT2D eigenvalue weighted by atomic mass is 35.5. The van der Waals surface area contributed by atoms with E-state index in [4.69, 9.17) is 11.6 Å². The monoisotopic (exact) mass is 317 g/mol. The van der Waals surface area contributed by atoms with Crippen molar-refractivity contribution in [1.82, 2.24) is 15.5 Å². The average Bonchev–Trinajstić information content (AvgIpc) is 2.78. The molecule has 0 aromatic heterocycles. The maximum Gasteiger partial charge on any atom is 0.317 e. The van der Waals surface area contributed by atoms with Crippen LogP contribution in [0.25, 0.3) is 0 Å². The van der Waals surface area contributed by atoms with Gasteiger partial charge in [0.2, 0.25) is 0 Å². The molecule has 0 aliphatic carbocycles. The number of fused-ring (bicyclic) bond motifs is 1. The molecule has 0 atom stereocenters. The quantitative estimate of drug-likeness (QED) is 0.817. The number of hydrogen-bond donors (Lipinski definition) is 2. The molecule has 0 spiro atoms. The van der Waals surface area contributed by atoms with Crippen LogP contribution in [0.1, 0.15) is 23.1 Å². The van der Waals surface area contributed by atoms with Gasteiger partial charge in [-0.3, -0.25) is 0 Å². The molecule has 2 aliphatic heterocycles. The molecule has 2 heterocycles. The summed E-state index contributed by atoms with van der Waals surface area (Å²) in [6.45, 7) is 4.15. The van der Waals surface area contributed by atoms with Crippen molar-refractivity contribution in [2.24, 2.45) is 0 Å². The first-order valence-electron chi connectivity index (χ1n) is 7.78. The minimum Gasteiger partial charge on any atom is -0.336 e. The maximum atomic E-state index is 11.5. The third-order valence-corrected chi connectivity index (χ3v) is 4.46. The number of nitrogens with one attached hydrogen (secondary N) is 2. The smallest absolute Gasteiger partial charge is 0.317 e. The number of amides is 2. The standard InChI is InChI=1S/C17H20ClN3O/c18-16-5-4-13-6-8-19-9-7-14(13)15(16)3-1-2-11-21-12-10-20-17(21)22/h4-5,19H,2,6-12H2,(H,20,22). The molecule has 0 bridgehead atoms. The van der Waals surface area contributed by atoms with E-state index in [1.807, 2.05) is 6.07 Å². The molecule has 1 fully saturated rings. The molecule has 2 N–H and O–H groups in total. The van der Waals surface area contributed by atoms with Gasteiger partial charge in [0.05, 0.1) is 5.02 Å². The summed E-state index contributed by atoms with van der Waals surface area (Å²) in [5.41, 5.74) is 3.59. The van der Waals surface area contributed by atoms with Crippen molar-refractivity contribution < 1.29 is 4.79 Å². The summed E-state index contributed by atoms with van der Waals surface area (Å²) < 4.78 is 0. The minimum absolute atomic E-state index is 0.0134. The Morgan fingerprint density at radius 1 is 1.23 bits per heavy atom. The van der Waals surface area contributed by atoms with E-state index in [0.717, 1.165) is 49.6 Å². The van der Waals surface area contributed by atoms with Gasteiger partial charge in [0.1, 0.15) is 0 Å². The molecule has 116 valence electrons. The van der Waals surface area contributed by atoms with Crippen LogP contribution in [0.4, 0.5) is 4.79 Å². The Labute approximate surface area is 136 Å². The van der Waals surface area contributed by atoms with Crippen LogP contribution in [-0.2, 0) is 12.8 Å². The van der Waals surface area contributed by atoms with Crippen molar-refractivity contribution in [3.05, 3.63) is 33.8 Å². The summed E-state index contributed by atoms with van der Waals surface area (Å²) in [5.74, 6) is 6.42. The Kier molecular flexibility index (Phi) is 4.87. The number of hydrogen-bond acceptors (Lipinski definition) is 2. The second-order valence-corrected chi connectivity index (χ2v) is 5.99. The molecule has 0 saturated carbocycles. The molecule has 3 rings (SSSR count). The van der Waals surface area contributed by atoms with E-state index in [2.05, 4.69) is 28.5 Å². The van der Waals surface area contributed by atoms with Crippen LogP contribution in [0.2, 0.25) is 5.02 Å². The first-order valence-corrected chi connectivity index (χ1v) is 8.16. The van der Waals surface area contributed by atoms with Crippen molar-refractivity contribution >= 4 is 17.6 Å². The number of carbonyl (C=O) groups excluding carboxylic acids is 1. The Morgan fingerprint density at radius 3 is 2.91 bits per heavy atom. The number of halogens is 1. The normalized spacial score (nSPS) is 17.3. The molecule has 4 nitrogen and oxygen atoms in total. The van der Waals surface area contributed by atoms with Gasteiger partial charge in [0.25, 0.3) is 0 Å². The van der Waals surface area contributed by atoms with Crippen molar-refractivity contribution in [3.8, 4) is 11.8 Å². The highest BCUT2D eigenvalue weighted by molar-refractivity contribution is 6.31. The number of carbonyl (C=O) groups is 1. The zero-order chi connectivity index (χ0) is 15.4. The Bertz CT molecular complexity index is 633. The van der Waals surface area contributed by atoms with Gasteiger partial charge >= 0.3 is 6.03 Å². The number of rotatable bonds is 2. The first-order chi connectivity index (χ1) is 10.8. The predicted octanol–water partition coefficient (Wildman–Crippen LogP) is 1.80. The molecule has 22 heavy (non-hydrogen) atoms. The van der Waals surface area contributed by atoms with Crippen LogP contribution in [-0.4, -0.2) is 43.7 Å². The third-order valence-electron chi connectivity index (χ3n) is 4.15. The lowest BCUT2D eigenvalue weighted by Crippen LogP contribution is -2.28. The zero-order valence-electron chi connectivity index (χ0n) is 12.5. The van der Waals surface area contributed by atoms with Crippen LogP contribution >= 0.6 is 11.6 Å². The van der Waals surface area contributed by atoms with Crippen LogP contribution in [0, 0.1) is 11.8 Å². The van der Waals surface area contributed by atoms with Crippen LogP contribution < -0.4 is 10.6 Å². The topological polar surface area (TPSA) is 44.4 Å². The Morgan fingerprint density at radius 2 is 2.09 bits per heavy atom. The van der Waals surface area contributed by atoms with Gasteiger partial charge in [0.15, 0.2) is 0 Å². The van der Waals surface area contributed by atoms with Gasteiger partial charge in [-0.2, -0.15) is 0 Å². The van der Waals surface area contributed by atoms with Crippen LogP contribution in [0.15, 0.2) is 12.1 Å². The number of nitrogens with zero attached hydrogens (tertiary/aromatic N) is 1. The van der Waals surface area contributed by atoms with E-state index in [-0.39, 0.29) is 6.03 Å². The summed E-state index contributed by atoms with van der Waals surface area (Å²) in [5, 5.41) is 6.93. The van der Waals surface area contributed by atoms with Crippen molar-refractivity contribution in [3.63, 3.8) is 0 Å². The molecule has 2 amide bonds. The molecule has 1 aromatic rings. The van der Waals surface area contributed by atoms with E-state index >= 15 is 0 Å². The fourth-order valence-electron chi connectivity index (χ4n) is 2.94. The summed E-state index contributed by atoms with van der Waals surface area (Å²) in [4.78, 5) is 13.3. The van der Waals surface area contributed by atoms with Gasteiger partial charge in [-0.1, -0.05) is 29.5 Å². The molecule has 0 radical (unpaired) electrons. The lowest BCUT2D eigenvalue weighted by Gasteiger charge is -2.11. The van der Waals surface area contributed by atoms with Crippen LogP contribution in [0.3, 0.4) is 0 Å². The van der Waals surface area contributed by atoms with Crippen molar-refractivity contribution in [1.29, 1.82) is 0 Å². The molecule has 2 aliphatic rings. The largest absolute Gasteiger partial charge is 0.336 e. The Balaban J connectivity index is 1.72. The minimum atomic E-state index is 0.0134. The van der Waals surface area contributed by atoms with Crippen molar-refractivity contribution in [2.45, 2.75) is 19.3 Å². The maximum absolute atomic E-state index is 11.5. The lowest BCUT2D eigenvalue weighted by molar-refractivity contribution is 0.218. The van der Waals surface area contributed by atoms with E-state index in [0.29, 0.717) is 13.0 Å². The fraction of sp³-hybridized carbons (Fsp3) is 0.471. The average molecular weight is 318 g/mol. The second kappa shape index (κ2) is 7.04. The molecule has 1 aromatic carbocycles. The zero-order valence-corrected chi connectivity index (χ0v) is 13.3. The summed E-state index contributed by atoms with van der Waals surface area (Å²) in [6.07, 6.45) is 2.66. The van der Waals surface area contributed by atoms with E-state index in [9.17, 15) is 4.79 Å². The predicted molar refractivity (Wildman–Crippen MR) is 88.2 cm³/mol. The Hall–Kier alpha value is -1.70. The molecular weight excluding hydrogens is 298 g/mol. The fourth-order valence-corrected chi connectivity index (χ4v) is 3.17. The summed E-state index contributed by atoms with van der Waals surface area (Å²) in [6, 6.07) is 4.08. The lowest BCUT2D eigenvalue weighted by atomic mass is 9.97. The molecular formula is C17H20ClN3O. The van der Waals surface area contributed by atoms with Gasteiger partial charge in [-0.25, -0.2) is 4.79 Å². The van der Waals surface area contributed by atoms with E-state index in [1.54, 1.807) is 4.90 Å². The van der Waals surface area contributed by atoms with Gasteiger partial charge in [0, 0.05) is 31.6 Å². The van der Waals surface area contributed by atoms with E-state index in [1.165, 1.54) is 11.1 Å². The SMILES string of the molecule is O=C1NCCN1CCC#Cc1c(Cl)ccc2c1CCNCC2. The third kappa shape index (κ3) is 3.37. The van der Waals surface area contributed by atoms with Gasteiger partial charge < -0.3 is 15.5 Å². The highest BCUT2D eigenvalue weighted by Crippen LogP contribution is 2.24. The number of urea groups is 1. The summed E-state index contributed by atoms with van der Waals surface area (Å²) >= 11 is 6.35. The van der Waals surface area contributed by atoms with Gasteiger partial charge in [-0.15, -0.1) is 0 Å². The molecule has 1 saturated heterocycles. The van der Waals surface area contributed by atoms with Crippen LogP contribution in [0.5, 0.6) is 0 Å². The summed E-state index contributed by atoms with van der Waals surface area (Å²) in [7, 11) is 0. The molecule has 5 heteroatoms. The highest BCUT2D eigenvalue weighted by Gasteiger charge is 2.18. The van der Waals surface area contributed by atoms with Gasteiger partial charge in [-0.05, 0) is 43.1 Å². The number of benzene rings is 1. The second-order valence-electron chi connectivity index (χ2n) is 5.58. The first kappa shape index (κ1) is 15.2.